The van der Waals surface area contributed by atoms with E-state index in [2.05, 4.69) is 45.5 Å². The number of hydrogen-bond acceptors (Lipinski definition) is 12. The Morgan fingerprint density at radius 3 is 2.46 bits per heavy atom. The van der Waals surface area contributed by atoms with Crippen LogP contribution in [0.2, 0.25) is 5.02 Å². The zero-order chi connectivity index (χ0) is 34.0. The molecule has 6 heterocycles. The molecule has 15 nitrogen and oxygen atoms in total. The predicted octanol–water partition coefficient (Wildman–Crippen LogP) is 4.85. The SMILES string of the molecule is CC(Cn1cnnn1)Oc1cc(-c2cnc(Nc3cn(C4CCC(N5[C@@H]6CC[C@H]5COC6)CC4)nc3OCc3ccnn3C)nc2)ccc1Cl. The van der Waals surface area contributed by atoms with Crippen molar-refractivity contribution in [3.05, 3.63) is 66.1 Å². The summed E-state index contributed by atoms with van der Waals surface area (Å²) in [4.78, 5) is 12.1. The first kappa shape index (κ1) is 32.6. The second-order valence-electron chi connectivity index (χ2n) is 13.4. The molecule has 3 atom stereocenters. The number of aromatic nitrogens is 10. The third kappa shape index (κ3) is 7.02. The van der Waals surface area contributed by atoms with E-state index in [0.29, 0.717) is 65.6 Å². The second kappa shape index (κ2) is 14.3. The molecule has 0 radical (unpaired) electrons. The van der Waals surface area contributed by atoms with Crippen molar-refractivity contribution in [3.63, 3.8) is 0 Å². The van der Waals surface area contributed by atoms with Crippen LogP contribution in [0.25, 0.3) is 11.1 Å². The molecule has 4 aromatic heterocycles. The summed E-state index contributed by atoms with van der Waals surface area (Å²) < 4.78 is 23.7. The third-order valence-electron chi connectivity index (χ3n) is 10.1. The Morgan fingerprint density at radius 2 is 1.74 bits per heavy atom. The van der Waals surface area contributed by atoms with Crippen LogP contribution in [0.15, 0.2) is 55.4 Å². The summed E-state index contributed by atoms with van der Waals surface area (Å²) in [6.45, 7) is 4.51. The first-order valence-electron chi connectivity index (χ1n) is 17.3. The Balaban J connectivity index is 0.960. The lowest BCUT2D eigenvalue weighted by molar-refractivity contribution is -0.0458. The molecule has 1 aliphatic carbocycles. The van der Waals surface area contributed by atoms with Crippen molar-refractivity contribution in [1.29, 1.82) is 0 Å². The van der Waals surface area contributed by atoms with Crippen LogP contribution in [0.3, 0.4) is 0 Å². The van der Waals surface area contributed by atoms with Crippen molar-refractivity contribution in [3.8, 4) is 22.8 Å². The van der Waals surface area contributed by atoms with E-state index in [4.69, 9.17) is 30.9 Å². The molecule has 1 saturated carbocycles. The molecular formula is C34H41ClN12O3. The summed E-state index contributed by atoms with van der Waals surface area (Å²) in [5.41, 5.74) is 3.35. The minimum absolute atomic E-state index is 0.209. The molecule has 5 aromatic rings. The van der Waals surface area contributed by atoms with E-state index >= 15 is 0 Å². The molecule has 0 amide bonds. The highest BCUT2D eigenvalue weighted by molar-refractivity contribution is 6.32. The highest BCUT2D eigenvalue weighted by atomic mass is 35.5. The average Bonchev–Trinajstić information content (AvgIpc) is 3.93. The molecule has 2 saturated heterocycles. The molecule has 50 heavy (non-hydrogen) atoms. The lowest BCUT2D eigenvalue weighted by Crippen LogP contribution is -2.52. The van der Waals surface area contributed by atoms with Crippen molar-refractivity contribution in [2.75, 3.05) is 18.5 Å². The Kier molecular flexibility index (Phi) is 9.34. The number of nitrogens with one attached hydrogen (secondary N) is 1. The van der Waals surface area contributed by atoms with Crippen LogP contribution in [0.5, 0.6) is 11.6 Å². The minimum Gasteiger partial charge on any atom is -0.487 e. The van der Waals surface area contributed by atoms with Gasteiger partial charge in [0.2, 0.25) is 5.95 Å². The van der Waals surface area contributed by atoms with Gasteiger partial charge in [0.05, 0.1) is 42.7 Å². The van der Waals surface area contributed by atoms with Crippen molar-refractivity contribution in [1.82, 2.24) is 54.6 Å². The van der Waals surface area contributed by atoms with Crippen LogP contribution in [0, 0.1) is 0 Å². The van der Waals surface area contributed by atoms with Crippen LogP contribution in [-0.2, 0) is 24.9 Å². The van der Waals surface area contributed by atoms with Crippen LogP contribution in [-0.4, -0.2) is 92.1 Å². The Morgan fingerprint density at radius 1 is 0.980 bits per heavy atom. The number of rotatable bonds is 12. The zero-order valence-electron chi connectivity index (χ0n) is 28.2. The van der Waals surface area contributed by atoms with Crippen LogP contribution in [0.1, 0.15) is 57.2 Å². The quantitative estimate of drug-likeness (QED) is 0.190. The summed E-state index contributed by atoms with van der Waals surface area (Å²) in [7, 11) is 1.90. The lowest BCUT2D eigenvalue weighted by atomic mass is 9.89. The molecule has 0 spiro atoms. The molecule has 1 N–H and O–H groups in total. The predicted molar refractivity (Wildman–Crippen MR) is 184 cm³/mol. The third-order valence-corrected chi connectivity index (χ3v) is 10.4. The van der Waals surface area contributed by atoms with Gasteiger partial charge in [0, 0.05) is 49.3 Å². The number of benzene rings is 1. The molecule has 8 rings (SSSR count). The van der Waals surface area contributed by atoms with E-state index in [1.54, 1.807) is 40.3 Å². The zero-order valence-corrected chi connectivity index (χ0v) is 28.9. The van der Waals surface area contributed by atoms with Gasteiger partial charge in [0.25, 0.3) is 5.88 Å². The molecule has 2 bridgehead atoms. The van der Waals surface area contributed by atoms with Crippen LogP contribution >= 0.6 is 11.6 Å². The Hall–Kier alpha value is -4.60. The van der Waals surface area contributed by atoms with E-state index < -0.39 is 0 Å². The fourth-order valence-electron chi connectivity index (χ4n) is 7.53. The lowest BCUT2D eigenvalue weighted by Gasteiger charge is -2.43. The number of tetrazole rings is 1. The van der Waals surface area contributed by atoms with E-state index in [9.17, 15) is 0 Å². The summed E-state index contributed by atoms with van der Waals surface area (Å²) in [6.07, 6.45) is 15.6. The van der Waals surface area contributed by atoms with Gasteiger partial charge in [-0.25, -0.2) is 14.6 Å². The maximum atomic E-state index is 6.48. The van der Waals surface area contributed by atoms with E-state index in [1.165, 1.54) is 12.8 Å². The van der Waals surface area contributed by atoms with Crippen molar-refractivity contribution in [2.24, 2.45) is 7.05 Å². The van der Waals surface area contributed by atoms with Crippen molar-refractivity contribution < 1.29 is 14.2 Å². The maximum Gasteiger partial charge on any atom is 0.257 e. The normalized spacial score (nSPS) is 22.8. The first-order valence-corrected chi connectivity index (χ1v) is 17.6. The Labute approximate surface area is 294 Å². The average molecular weight is 701 g/mol. The number of nitrogens with zero attached hydrogens (tertiary/aromatic N) is 11. The molecule has 3 aliphatic rings. The van der Waals surface area contributed by atoms with Gasteiger partial charge >= 0.3 is 0 Å². The number of aryl methyl sites for hydroxylation is 1. The fraction of sp³-hybridized carbons (Fsp3) is 0.500. The summed E-state index contributed by atoms with van der Waals surface area (Å²) in [5, 5.41) is 24.3. The van der Waals surface area contributed by atoms with Gasteiger partial charge in [0.1, 0.15) is 30.5 Å². The van der Waals surface area contributed by atoms with Gasteiger partial charge in [-0.05, 0) is 79.6 Å². The summed E-state index contributed by atoms with van der Waals surface area (Å²) >= 11 is 6.48. The number of anilines is 2. The summed E-state index contributed by atoms with van der Waals surface area (Å²) in [6, 6.07) is 9.63. The largest absolute Gasteiger partial charge is 0.487 e. The number of hydrogen-bond donors (Lipinski definition) is 1. The van der Waals surface area contributed by atoms with Gasteiger partial charge in [-0.15, -0.1) is 10.2 Å². The number of halogens is 1. The second-order valence-corrected chi connectivity index (χ2v) is 13.8. The highest BCUT2D eigenvalue weighted by Crippen LogP contribution is 2.40. The monoisotopic (exact) mass is 700 g/mol. The molecule has 1 unspecified atom stereocenters. The van der Waals surface area contributed by atoms with Gasteiger partial charge < -0.3 is 19.5 Å². The molecule has 262 valence electrons. The van der Waals surface area contributed by atoms with Gasteiger partial charge in [-0.3, -0.25) is 14.3 Å². The standard InChI is InChI=1S/C34H41ClN12O3/c1-22(16-45-21-38-42-43-45)50-32-13-23(3-10-30(32)35)24-14-36-34(37-15-24)40-31-17-46(41-33(31)49-20-27-11-12-39-44(27)2)25-4-6-26(7-5-25)47-28-8-9-29(47)19-48-18-28/h3,10-15,17,21-22,25-26,28-29H,4-9,16,18-20H2,1-2H3,(H,36,37,40)/t22?,25?,26?,28-,29+. The topological polar surface area (TPSA) is 148 Å². The van der Waals surface area contributed by atoms with Gasteiger partial charge in [-0.2, -0.15) is 5.10 Å². The molecule has 1 aromatic carbocycles. The van der Waals surface area contributed by atoms with Crippen molar-refractivity contribution in [2.45, 2.75) is 88.9 Å². The molecule has 16 heteroatoms. The number of morpholine rings is 1. The van der Waals surface area contributed by atoms with Gasteiger partial charge in [0.15, 0.2) is 0 Å². The molecular weight excluding hydrogens is 660 g/mol. The van der Waals surface area contributed by atoms with Gasteiger partial charge in [-0.1, -0.05) is 17.7 Å². The fourth-order valence-corrected chi connectivity index (χ4v) is 7.70. The van der Waals surface area contributed by atoms with Crippen LogP contribution in [0.4, 0.5) is 11.6 Å². The summed E-state index contributed by atoms with van der Waals surface area (Å²) in [5.74, 6) is 1.49. The molecule has 2 aliphatic heterocycles. The van der Waals surface area contributed by atoms with E-state index in [0.717, 1.165) is 55.7 Å². The highest BCUT2D eigenvalue weighted by Gasteiger charge is 2.42. The van der Waals surface area contributed by atoms with Crippen LogP contribution < -0.4 is 14.8 Å². The van der Waals surface area contributed by atoms with E-state index in [-0.39, 0.29) is 6.10 Å². The minimum atomic E-state index is -0.209. The number of ether oxygens (including phenoxy) is 3. The van der Waals surface area contributed by atoms with Crippen molar-refractivity contribution >= 4 is 23.2 Å². The maximum absolute atomic E-state index is 6.48. The smallest absolute Gasteiger partial charge is 0.257 e. The van der Waals surface area contributed by atoms with E-state index in [1.807, 2.05) is 38.4 Å². The Bertz CT molecular complexity index is 1860. The first-order chi connectivity index (χ1) is 24.5. The molecule has 3 fully saturated rings. The number of fused-ring (bicyclic) bond motifs is 2.